The van der Waals surface area contributed by atoms with E-state index >= 15 is 0 Å². The van der Waals surface area contributed by atoms with Crippen molar-refractivity contribution < 1.29 is 0 Å². The highest BCUT2D eigenvalue weighted by Crippen LogP contribution is 2.39. The number of rotatable bonds is 9. The van der Waals surface area contributed by atoms with E-state index < -0.39 is 0 Å². The fourth-order valence-electron chi connectivity index (χ4n) is 3.86. The molecule has 1 heteroatoms. The van der Waals surface area contributed by atoms with Gasteiger partial charge in [0.15, 0.2) is 0 Å². The first-order valence-corrected chi connectivity index (χ1v) is 9.06. The highest BCUT2D eigenvalue weighted by atomic mass is 14.9. The van der Waals surface area contributed by atoms with E-state index in [1.807, 2.05) is 0 Å². The molecule has 19 heavy (non-hydrogen) atoms. The van der Waals surface area contributed by atoms with E-state index in [1.54, 1.807) is 0 Å². The molecule has 0 aromatic rings. The molecule has 1 atom stereocenters. The molecule has 0 saturated heterocycles. The molecule has 0 radical (unpaired) electrons. The Hall–Kier alpha value is -0.0400. The van der Waals surface area contributed by atoms with Crippen molar-refractivity contribution in [3.05, 3.63) is 0 Å². The van der Waals surface area contributed by atoms with Gasteiger partial charge in [-0.3, -0.25) is 0 Å². The summed E-state index contributed by atoms with van der Waals surface area (Å²) in [6.07, 6.45) is 16.1. The molecule has 0 aromatic carbocycles. The van der Waals surface area contributed by atoms with Crippen LogP contribution in [0.5, 0.6) is 0 Å². The van der Waals surface area contributed by atoms with E-state index in [9.17, 15) is 0 Å². The highest BCUT2D eigenvalue weighted by Gasteiger charge is 2.31. The molecule has 0 aliphatic heterocycles. The third-order valence-electron chi connectivity index (χ3n) is 5.37. The summed E-state index contributed by atoms with van der Waals surface area (Å²) in [6, 6.07) is 0.847. The quantitative estimate of drug-likeness (QED) is 0.608. The molecule has 112 valence electrons. The van der Waals surface area contributed by atoms with Gasteiger partial charge in [-0.1, -0.05) is 58.8 Å². The Bertz CT molecular complexity index is 226. The zero-order valence-electron chi connectivity index (χ0n) is 13.3. The molecule has 2 aliphatic rings. The number of hydrogen-bond donors (Lipinski definition) is 1. The van der Waals surface area contributed by atoms with Crippen LogP contribution in [0.3, 0.4) is 0 Å². The zero-order valence-corrected chi connectivity index (χ0v) is 13.3. The lowest BCUT2D eigenvalue weighted by Crippen LogP contribution is -2.39. The Morgan fingerprint density at radius 2 is 1.58 bits per heavy atom. The molecule has 0 spiro atoms. The normalized spacial score (nSPS) is 29.4. The largest absolute Gasteiger partial charge is 0.314 e. The summed E-state index contributed by atoms with van der Waals surface area (Å²) in [6.45, 7) is 5.85. The van der Waals surface area contributed by atoms with Crippen molar-refractivity contribution in [2.75, 3.05) is 6.54 Å². The van der Waals surface area contributed by atoms with E-state index in [4.69, 9.17) is 0 Å². The maximum absolute atomic E-state index is 3.87. The van der Waals surface area contributed by atoms with Gasteiger partial charge >= 0.3 is 0 Å². The second-order valence-corrected chi connectivity index (χ2v) is 7.16. The van der Waals surface area contributed by atoms with Crippen molar-refractivity contribution >= 4 is 0 Å². The average molecular weight is 265 g/mol. The number of unbranched alkanes of at least 4 members (excludes halogenated alkanes) is 1. The van der Waals surface area contributed by atoms with Crippen molar-refractivity contribution in [2.24, 2.45) is 17.8 Å². The molecule has 0 heterocycles. The minimum atomic E-state index is 0.847. The number of hydrogen-bond acceptors (Lipinski definition) is 1. The zero-order chi connectivity index (χ0) is 13.5. The maximum atomic E-state index is 3.87. The van der Waals surface area contributed by atoms with Gasteiger partial charge in [-0.05, 0) is 50.0 Å². The van der Waals surface area contributed by atoms with Gasteiger partial charge in [-0.2, -0.15) is 0 Å². The summed E-state index contributed by atoms with van der Waals surface area (Å²) in [4.78, 5) is 0. The third kappa shape index (κ3) is 5.45. The summed E-state index contributed by atoms with van der Waals surface area (Å²) in [7, 11) is 0. The predicted molar refractivity (Wildman–Crippen MR) is 84.4 cm³/mol. The first kappa shape index (κ1) is 15.4. The molecule has 2 saturated carbocycles. The van der Waals surface area contributed by atoms with Crippen LogP contribution >= 0.6 is 0 Å². The van der Waals surface area contributed by atoms with Crippen molar-refractivity contribution in [3.8, 4) is 0 Å². The number of nitrogens with one attached hydrogen (secondary N) is 1. The molecular weight excluding hydrogens is 230 g/mol. The van der Waals surface area contributed by atoms with E-state index in [0.29, 0.717) is 0 Å². The SMILES string of the molecule is CCCCC1CCC(C(CC2CC2)NCCC)CC1. The Morgan fingerprint density at radius 1 is 0.895 bits per heavy atom. The van der Waals surface area contributed by atoms with Gasteiger partial charge in [0.25, 0.3) is 0 Å². The van der Waals surface area contributed by atoms with Gasteiger partial charge in [0.2, 0.25) is 0 Å². The van der Waals surface area contributed by atoms with E-state index in [2.05, 4.69) is 19.2 Å². The molecule has 0 bridgehead atoms. The molecule has 2 fully saturated rings. The Morgan fingerprint density at radius 3 is 2.16 bits per heavy atom. The topological polar surface area (TPSA) is 12.0 Å². The minimum absolute atomic E-state index is 0.847. The first-order valence-electron chi connectivity index (χ1n) is 9.06. The standard InChI is InChI=1S/C18H35N/c1-3-5-6-15-9-11-17(12-10-15)18(19-13-4-2)14-16-7-8-16/h15-19H,3-14H2,1-2H3. The minimum Gasteiger partial charge on any atom is -0.314 e. The molecule has 1 nitrogen and oxygen atoms in total. The second-order valence-electron chi connectivity index (χ2n) is 7.16. The fraction of sp³-hybridized carbons (Fsp3) is 1.00. The van der Waals surface area contributed by atoms with Crippen LogP contribution in [-0.4, -0.2) is 12.6 Å². The monoisotopic (exact) mass is 265 g/mol. The van der Waals surface area contributed by atoms with E-state index in [-0.39, 0.29) is 0 Å². The molecule has 2 aliphatic carbocycles. The van der Waals surface area contributed by atoms with Crippen LogP contribution in [0.1, 0.15) is 84.5 Å². The van der Waals surface area contributed by atoms with Crippen molar-refractivity contribution in [2.45, 2.75) is 90.5 Å². The van der Waals surface area contributed by atoms with Crippen LogP contribution in [0.25, 0.3) is 0 Å². The lowest BCUT2D eigenvalue weighted by molar-refractivity contribution is 0.202. The molecule has 1 unspecified atom stereocenters. The van der Waals surface area contributed by atoms with E-state index in [0.717, 1.165) is 23.8 Å². The maximum Gasteiger partial charge on any atom is 0.00979 e. The van der Waals surface area contributed by atoms with Crippen LogP contribution in [0, 0.1) is 17.8 Å². The summed E-state index contributed by atoms with van der Waals surface area (Å²) in [5, 5.41) is 3.87. The van der Waals surface area contributed by atoms with E-state index in [1.165, 1.54) is 77.2 Å². The highest BCUT2D eigenvalue weighted by molar-refractivity contribution is 4.87. The lowest BCUT2D eigenvalue weighted by Gasteiger charge is -2.34. The van der Waals surface area contributed by atoms with Gasteiger partial charge in [0.1, 0.15) is 0 Å². The predicted octanol–water partition coefficient (Wildman–Crippen LogP) is 5.15. The van der Waals surface area contributed by atoms with Crippen molar-refractivity contribution in [3.63, 3.8) is 0 Å². The fourth-order valence-corrected chi connectivity index (χ4v) is 3.86. The van der Waals surface area contributed by atoms with Gasteiger partial charge in [-0.15, -0.1) is 0 Å². The average Bonchev–Trinajstić information content (AvgIpc) is 3.26. The van der Waals surface area contributed by atoms with Gasteiger partial charge in [-0.25, -0.2) is 0 Å². The van der Waals surface area contributed by atoms with Gasteiger partial charge in [0, 0.05) is 6.04 Å². The van der Waals surface area contributed by atoms with Crippen LogP contribution < -0.4 is 5.32 Å². The molecule has 0 amide bonds. The summed E-state index contributed by atoms with van der Waals surface area (Å²) in [5.74, 6) is 3.13. The Labute approximate surface area is 120 Å². The molecule has 0 aromatic heterocycles. The van der Waals surface area contributed by atoms with Crippen LogP contribution in [0.4, 0.5) is 0 Å². The summed E-state index contributed by atoms with van der Waals surface area (Å²) >= 11 is 0. The summed E-state index contributed by atoms with van der Waals surface area (Å²) in [5.41, 5.74) is 0. The van der Waals surface area contributed by atoms with Crippen molar-refractivity contribution in [1.29, 1.82) is 0 Å². The molecule has 2 rings (SSSR count). The van der Waals surface area contributed by atoms with Crippen LogP contribution in [0.2, 0.25) is 0 Å². The van der Waals surface area contributed by atoms with Crippen molar-refractivity contribution in [1.82, 2.24) is 5.32 Å². The summed E-state index contributed by atoms with van der Waals surface area (Å²) < 4.78 is 0. The second kappa shape index (κ2) is 8.29. The molecule has 1 N–H and O–H groups in total. The Kier molecular flexibility index (Phi) is 6.70. The lowest BCUT2D eigenvalue weighted by atomic mass is 9.76. The van der Waals surface area contributed by atoms with Crippen LogP contribution in [0.15, 0.2) is 0 Å². The first-order chi connectivity index (χ1) is 9.33. The molecular formula is C18H35N. The van der Waals surface area contributed by atoms with Gasteiger partial charge < -0.3 is 5.32 Å². The Balaban J connectivity index is 1.72. The third-order valence-corrected chi connectivity index (χ3v) is 5.37. The van der Waals surface area contributed by atoms with Gasteiger partial charge in [0.05, 0.1) is 0 Å². The van der Waals surface area contributed by atoms with Crippen LogP contribution in [-0.2, 0) is 0 Å². The smallest absolute Gasteiger partial charge is 0.00979 e.